The number of hydrogen-bond donors (Lipinski definition) is 2. The summed E-state index contributed by atoms with van der Waals surface area (Å²) < 4.78 is 7.20. The van der Waals surface area contributed by atoms with Crippen molar-refractivity contribution < 1.29 is 9.53 Å². The lowest BCUT2D eigenvalue weighted by Gasteiger charge is -2.35. The van der Waals surface area contributed by atoms with Gasteiger partial charge < -0.3 is 15.8 Å². The minimum absolute atomic E-state index is 0.0779. The van der Waals surface area contributed by atoms with E-state index in [1.807, 2.05) is 0 Å². The molecule has 3 heterocycles. The largest absolute Gasteiger partial charge is 0.373 e. The Morgan fingerprint density at radius 3 is 3.30 bits per heavy atom. The molecular weight excluding hydrogens is 260 g/mol. The van der Waals surface area contributed by atoms with E-state index >= 15 is 0 Å². The number of nitrogen functional groups attached to an aromatic ring is 1. The molecule has 0 bridgehead atoms. The van der Waals surface area contributed by atoms with E-state index < -0.39 is 0 Å². The molecule has 2 aliphatic rings. The molecule has 20 heavy (non-hydrogen) atoms. The van der Waals surface area contributed by atoms with Crippen LogP contribution in [0.5, 0.6) is 0 Å². The van der Waals surface area contributed by atoms with Gasteiger partial charge in [-0.15, -0.1) is 5.10 Å². The van der Waals surface area contributed by atoms with Crippen molar-refractivity contribution >= 4 is 11.9 Å². The van der Waals surface area contributed by atoms with Crippen LogP contribution in [0.2, 0.25) is 0 Å². The maximum absolute atomic E-state index is 11.8. The summed E-state index contributed by atoms with van der Waals surface area (Å²) in [5.74, 6) is 0.0653. The van der Waals surface area contributed by atoms with Crippen LogP contribution in [0.4, 0.5) is 5.95 Å². The lowest BCUT2D eigenvalue weighted by molar-refractivity contribution is -0.123. The molecule has 0 aliphatic carbocycles. The second-order valence-electron chi connectivity index (χ2n) is 5.35. The minimum atomic E-state index is -0.109. The average Bonchev–Trinajstić information content (AvgIpc) is 3.04. The molecule has 2 aliphatic heterocycles. The van der Waals surface area contributed by atoms with E-state index in [1.54, 1.807) is 0 Å². The fourth-order valence-electron chi connectivity index (χ4n) is 2.83. The zero-order valence-electron chi connectivity index (χ0n) is 11.4. The predicted molar refractivity (Wildman–Crippen MR) is 71.8 cm³/mol. The van der Waals surface area contributed by atoms with Crippen LogP contribution < -0.4 is 11.1 Å². The van der Waals surface area contributed by atoms with E-state index in [9.17, 15) is 4.79 Å². The Hall–Kier alpha value is -1.67. The molecule has 2 fully saturated rings. The van der Waals surface area contributed by atoms with Crippen molar-refractivity contribution in [2.24, 2.45) is 0 Å². The monoisotopic (exact) mass is 280 g/mol. The standard InChI is InChI=1S/C12H20N6O2/c13-12-15-8-18(16-12)6-11(19)14-4-10-5-17-3-1-2-9(17)7-20-10/h8-10H,1-7H2,(H2,13,16)(H,14,19). The molecule has 8 heteroatoms. The molecule has 3 N–H and O–H groups in total. The van der Waals surface area contributed by atoms with Crippen LogP contribution in [-0.4, -0.2) is 64.0 Å². The third-order valence-electron chi connectivity index (χ3n) is 3.85. The van der Waals surface area contributed by atoms with E-state index in [0.29, 0.717) is 12.6 Å². The second kappa shape index (κ2) is 5.76. The van der Waals surface area contributed by atoms with Gasteiger partial charge in [0.2, 0.25) is 11.9 Å². The first kappa shape index (κ1) is 13.3. The highest BCUT2D eigenvalue weighted by Crippen LogP contribution is 2.22. The number of ether oxygens (including phenoxy) is 1. The Morgan fingerprint density at radius 1 is 1.60 bits per heavy atom. The third kappa shape index (κ3) is 3.07. The molecule has 0 radical (unpaired) electrons. The number of hydrogen-bond acceptors (Lipinski definition) is 6. The first-order valence-corrected chi connectivity index (χ1v) is 6.98. The first-order chi connectivity index (χ1) is 9.70. The average molecular weight is 280 g/mol. The number of rotatable bonds is 4. The van der Waals surface area contributed by atoms with Crippen LogP contribution in [0.25, 0.3) is 0 Å². The SMILES string of the molecule is Nc1ncn(CC(=O)NCC2CN3CCCC3CO2)n1. The van der Waals surface area contributed by atoms with Crippen molar-refractivity contribution in [3.8, 4) is 0 Å². The lowest BCUT2D eigenvalue weighted by Crippen LogP contribution is -2.50. The van der Waals surface area contributed by atoms with Gasteiger partial charge in [-0.1, -0.05) is 0 Å². The van der Waals surface area contributed by atoms with Crippen molar-refractivity contribution in [2.75, 3.05) is 32.0 Å². The van der Waals surface area contributed by atoms with Gasteiger partial charge >= 0.3 is 0 Å². The van der Waals surface area contributed by atoms with Gasteiger partial charge in [-0.2, -0.15) is 0 Å². The van der Waals surface area contributed by atoms with Gasteiger partial charge in [-0.05, 0) is 19.4 Å². The molecule has 1 amide bonds. The number of morpholine rings is 1. The molecule has 2 unspecified atom stereocenters. The third-order valence-corrected chi connectivity index (χ3v) is 3.85. The van der Waals surface area contributed by atoms with Gasteiger partial charge in [0.25, 0.3) is 0 Å². The zero-order valence-corrected chi connectivity index (χ0v) is 11.4. The number of fused-ring (bicyclic) bond motifs is 1. The van der Waals surface area contributed by atoms with Crippen LogP contribution in [0.3, 0.4) is 0 Å². The van der Waals surface area contributed by atoms with Crippen molar-refractivity contribution in [3.63, 3.8) is 0 Å². The number of nitrogens with zero attached hydrogens (tertiary/aromatic N) is 4. The minimum Gasteiger partial charge on any atom is -0.373 e. The molecule has 110 valence electrons. The number of nitrogens with two attached hydrogens (primary N) is 1. The number of carbonyl (C=O) groups is 1. The van der Waals surface area contributed by atoms with Crippen LogP contribution >= 0.6 is 0 Å². The van der Waals surface area contributed by atoms with E-state index in [4.69, 9.17) is 10.5 Å². The maximum atomic E-state index is 11.8. The normalized spacial score (nSPS) is 26.4. The molecular formula is C12H20N6O2. The summed E-state index contributed by atoms with van der Waals surface area (Å²) in [6.45, 7) is 3.49. The van der Waals surface area contributed by atoms with E-state index in [1.165, 1.54) is 23.9 Å². The van der Waals surface area contributed by atoms with E-state index in [2.05, 4.69) is 20.3 Å². The van der Waals surface area contributed by atoms with E-state index in [-0.39, 0.29) is 24.5 Å². The number of carbonyl (C=O) groups excluding carboxylic acids is 1. The predicted octanol–water partition coefficient (Wildman–Crippen LogP) is -1.16. The van der Waals surface area contributed by atoms with Crippen molar-refractivity contribution in [2.45, 2.75) is 31.5 Å². The topological polar surface area (TPSA) is 98.3 Å². The number of amides is 1. The summed E-state index contributed by atoms with van der Waals surface area (Å²) in [6.07, 6.45) is 4.00. The molecule has 1 aromatic heterocycles. The fourth-order valence-corrected chi connectivity index (χ4v) is 2.83. The lowest BCUT2D eigenvalue weighted by atomic mass is 10.2. The summed E-state index contributed by atoms with van der Waals surface area (Å²) >= 11 is 0. The Bertz CT molecular complexity index is 476. The van der Waals surface area contributed by atoms with Gasteiger partial charge in [0.05, 0.1) is 12.7 Å². The Labute approximate surface area is 117 Å². The molecule has 2 saturated heterocycles. The van der Waals surface area contributed by atoms with Crippen molar-refractivity contribution in [3.05, 3.63) is 6.33 Å². The second-order valence-corrected chi connectivity index (χ2v) is 5.35. The molecule has 0 saturated carbocycles. The summed E-state index contributed by atoms with van der Waals surface area (Å²) in [7, 11) is 0. The van der Waals surface area contributed by atoms with Gasteiger partial charge in [-0.25, -0.2) is 9.67 Å². The Kier molecular flexibility index (Phi) is 3.83. The molecule has 3 rings (SSSR count). The first-order valence-electron chi connectivity index (χ1n) is 6.98. The highest BCUT2D eigenvalue weighted by atomic mass is 16.5. The zero-order chi connectivity index (χ0) is 13.9. The van der Waals surface area contributed by atoms with Crippen LogP contribution in [0.1, 0.15) is 12.8 Å². The van der Waals surface area contributed by atoms with Crippen molar-refractivity contribution in [1.82, 2.24) is 25.0 Å². The van der Waals surface area contributed by atoms with Gasteiger partial charge in [-0.3, -0.25) is 9.69 Å². The summed E-state index contributed by atoms with van der Waals surface area (Å²) in [5.41, 5.74) is 5.39. The highest BCUT2D eigenvalue weighted by Gasteiger charge is 2.32. The van der Waals surface area contributed by atoms with Crippen molar-refractivity contribution in [1.29, 1.82) is 0 Å². The molecule has 0 aromatic carbocycles. The summed E-state index contributed by atoms with van der Waals surface area (Å²) in [5, 5.41) is 6.74. The molecule has 0 spiro atoms. The Balaban J connectivity index is 1.41. The van der Waals surface area contributed by atoms with E-state index in [0.717, 1.165) is 19.7 Å². The van der Waals surface area contributed by atoms with Gasteiger partial charge in [0, 0.05) is 19.1 Å². The maximum Gasteiger partial charge on any atom is 0.241 e. The molecule has 2 atom stereocenters. The van der Waals surface area contributed by atoms with Gasteiger partial charge in [0.1, 0.15) is 12.9 Å². The molecule has 1 aromatic rings. The number of aromatic nitrogens is 3. The fraction of sp³-hybridized carbons (Fsp3) is 0.750. The van der Waals surface area contributed by atoms with Gasteiger partial charge in [0.15, 0.2) is 0 Å². The number of anilines is 1. The quantitative estimate of drug-likeness (QED) is 0.722. The van der Waals surface area contributed by atoms with Crippen LogP contribution in [-0.2, 0) is 16.1 Å². The Morgan fingerprint density at radius 2 is 2.50 bits per heavy atom. The highest BCUT2D eigenvalue weighted by molar-refractivity contribution is 5.75. The summed E-state index contributed by atoms with van der Waals surface area (Å²) in [6, 6.07) is 0.583. The molecule has 8 nitrogen and oxygen atoms in total. The summed E-state index contributed by atoms with van der Waals surface area (Å²) in [4.78, 5) is 18.0. The van der Waals surface area contributed by atoms with Crippen LogP contribution in [0.15, 0.2) is 6.33 Å². The van der Waals surface area contributed by atoms with Crippen LogP contribution in [0, 0.1) is 0 Å². The smallest absolute Gasteiger partial charge is 0.241 e. The number of nitrogens with one attached hydrogen (secondary N) is 1.